The van der Waals surface area contributed by atoms with Crippen LogP contribution >= 0.6 is 0 Å². The second-order valence-electron chi connectivity index (χ2n) is 2.66. The lowest BCUT2D eigenvalue weighted by Crippen LogP contribution is -2.04. The van der Waals surface area contributed by atoms with Gasteiger partial charge in [-0.2, -0.15) is 0 Å². The molecule has 0 spiro atoms. The minimum Gasteiger partial charge on any atom is -0.478 e. The Hall–Kier alpha value is -0.680. The zero-order valence-electron chi connectivity index (χ0n) is 7.74. The summed E-state index contributed by atoms with van der Waals surface area (Å²) in [6.45, 7) is 3.35. The van der Waals surface area contributed by atoms with E-state index >= 15 is 0 Å². The molecule has 0 aliphatic rings. The van der Waals surface area contributed by atoms with E-state index < -0.39 is 17.0 Å². The van der Waals surface area contributed by atoms with Crippen molar-refractivity contribution in [1.29, 1.82) is 0 Å². The van der Waals surface area contributed by atoms with Gasteiger partial charge >= 0.3 is 5.97 Å². The number of hydrogen-bond donors (Lipinski definition) is 2. The molecule has 0 aromatic rings. The van der Waals surface area contributed by atoms with Crippen LogP contribution in [0.3, 0.4) is 0 Å². The lowest BCUT2D eigenvalue weighted by atomic mass is 10.1. The largest absolute Gasteiger partial charge is 0.478 e. The number of hydrogen-bond acceptors (Lipinski definition) is 2. The van der Waals surface area contributed by atoms with Gasteiger partial charge in [-0.3, -0.25) is 0 Å². The Labute approximate surface area is 79.9 Å². The highest BCUT2D eigenvalue weighted by Gasteiger charge is 2.08. The maximum Gasteiger partial charge on any atom is 0.331 e. The maximum atomic E-state index is 10.5. The van der Waals surface area contributed by atoms with Crippen LogP contribution in [0.5, 0.6) is 0 Å². The Morgan fingerprint density at radius 2 is 2.00 bits per heavy atom. The van der Waals surface area contributed by atoms with Gasteiger partial charge < -0.3 is 9.66 Å². The average molecular weight is 206 g/mol. The van der Waals surface area contributed by atoms with Gasteiger partial charge in [-0.25, -0.2) is 9.00 Å². The van der Waals surface area contributed by atoms with E-state index in [0.717, 1.165) is 5.57 Å². The van der Waals surface area contributed by atoms with Gasteiger partial charge in [0.2, 0.25) is 0 Å². The van der Waals surface area contributed by atoms with E-state index in [1.807, 2.05) is 6.92 Å². The van der Waals surface area contributed by atoms with Gasteiger partial charge in [-0.05, 0) is 19.8 Å². The van der Waals surface area contributed by atoms with Crippen LogP contribution in [0.25, 0.3) is 0 Å². The van der Waals surface area contributed by atoms with Crippen LogP contribution in [0.15, 0.2) is 11.1 Å². The molecule has 0 amide bonds. The Balaban J connectivity index is 4.41. The van der Waals surface area contributed by atoms with E-state index in [-0.39, 0.29) is 11.3 Å². The highest BCUT2D eigenvalue weighted by molar-refractivity contribution is 7.79. The van der Waals surface area contributed by atoms with Crippen molar-refractivity contribution in [3.8, 4) is 0 Å². The van der Waals surface area contributed by atoms with Crippen molar-refractivity contribution < 1.29 is 18.7 Å². The third-order valence-corrected chi connectivity index (χ3v) is 2.41. The first-order valence-electron chi connectivity index (χ1n) is 3.98. The molecule has 0 aromatic carbocycles. The zero-order chi connectivity index (χ0) is 10.4. The molecule has 0 fully saturated rings. The van der Waals surface area contributed by atoms with Gasteiger partial charge in [-0.15, -0.1) is 0 Å². The Morgan fingerprint density at radius 1 is 1.46 bits per heavy atom. The van der Waals surface area contributed by atoms with Crippen molar-refractivity contribution in [1.82, 2.24) is 0 Å². The van der Waals surface area contributed by atoms with Crippen molar-refractivity contribution in [2.24, 2.45) is 0 Å². The van der Waals surface area contributed by atoms with Crippen LogP contribution in [-0.4, -0.2) is 25.6 Å². The van der Waals surface area contributed by atoms with Crippen LogP contribution in [0, 0.1) is 0 Å². The standard InChI is InChI=1S/C8H14O4S/c1-3-7(4-5-13(11)12)6(2)8(9)10/h3-5H2,1-2H3,(H,9,10)(H,11,12). The third-order valence-electron chi connectivity index (χ3n) is 1.86. The van der Waals surface area contributed by atoms with Crippen molar-refractivity contribution in [2.75, 3.05) is 5.75 Å². The lowest BCUT2D eigenvalue weighted by Gasteiger charge is -2.05. The first-order chi connectivity index (χ1) is 5.99. The molecule has 76 valence electrons. The Kier molecular flexibility index (Phi) is 5.57. The molecule has 2 N–H and O–H groups in total. The summed E-state index contributed by atoms with van der Waals surface area (Å²) in [4.78, 5) is 10.5. The van der Waals surface area contributed by atoms with Crippen LogP contribution in [0.4, 0.5) is 0 Å². The summed E-state index contributed by atoms with van der Waals surface area (Å²) in [7, 11) is 0. The van der Waals surface area contributed by atoms with E-state index in [1.165, 1.54) is 6.92 Å². The van der Waals surface area contributed by atoms with Gasteiger partial charge in [0.25, 0.3) is 0 Å². The minimum atomic E-state index is -1.84. The minimum absolute atomic E-state index is 0.105. The highest BCUT2D eigenvalue weighted by Crippen LogP contribution is 2.13. The molecule has 0 aliphatic heterocycles. The fourth-order valence-corrected chi connectivity index (χ4v) is 1.41. The highest BCUT2D eigenvalue weighted by atomic mass is 32.2. The van der Waals surface area contributed by atoms with Gasteiger partial charge in [0, 0.05) is 5.57 Å². The summed E-state index contributed by atoms with van der Waals surface area (Å²) in [6, 6.07) is 0. The van der Waals surface area contributed by atoms with Crippen LogP contribution in [-0.2, 0) is 15.9 Å². The molecule has 0 saturated carbocycles. The van der Waals surface area contributed by atoms with E-state index in [4.69, 9.17) is 9.66 Å². The van der Waals surface area contributed by atoms with Crippen molar-refractivity contribution in [3.05, 3.63) is 11.1 Å². The second-order valence-corrected chi connectivity index (χ2v) is 3.71. The van der Waals surface area contributed by atoms with Crippen molar-refractivity contribution in [2.45, 2.75) is 26.7 Å². The van der Waals surface area contributed by atoms with Crippen molar-refractivity contribution in [3.63, 3.8) is 0 Å². The number of carboxylic acids is 1. The summed E-state index contributed by atoms with van der Waals surface area (Å²) in [5.74, 6) is -0.853. The zero-order valence-corrected chi connectivity index (χ0v) is 8.56. The molecule has 0 saturated heterocycles. The molecule has 0 aliphatic carbocycles. The predicted octanol–water partition coefficient (Wildman–Crippen LogP) is 1.41. The predicted molar refractivity (Wildman–Crippen MR) is 50.9 cm³/mol. The summed E-state index contributed by atoms with van der Waals surface area (Å²) < 4.78 is 18.9. The normalized spacial score (nSPS) is 15.0. The summed E-state index contributed by atoms with van der Waals surface area (Å²) in [6.07, 6.45) is 0.979. The Morgan fingerprint density at radius 3 is 2.31 bits per heavy atom. The number of rotatable bonds is 5. The number of carbonyl (C=O) groups is 1. The van der Waals surface area contributed by atoms with Gasteiger partial charge in [0.05, 0.1) is 5.75 Å². The second kappa shape index (κ2) is 5.88. The number of carboxylic acid groups (broad SMARTS) is 1. The molecule has 0 aromatic heterocycles. The van der Waals surface area contributed by atoms with E-state index in [9.17, 15) is 9.00 Å². The first kappa shape index (κ1) is 12.3. The fourth-order valence-electron chi connectivity index (χ4n) is 0.991. The molecular weight excluding hydrogens is 192 g/mol. The van der Waals surface area contributed by atoms with Gasteiger partial charge in [0.1, 0.15) is 0 Å². The monoisotopic (exact) mass is 206 g/mol. The number of allylic oxidation sites excluding steroid dienone is 1. The van der Waals surface area contributed by atoms with Gasteiger partial charge in [0.15, 0.2) is 11.1 Å². The Bertz CT molecular complexity index is 245. The van der Waals surface area contributed by atoms with E-state index in [0.29, 0.717) is 12.8 Å². The summed E-state index contributed by atoms with van der Waals surface area (Å²) >= 11 is -1.84. The van der Waals surface area contributed by atoms with Crippen LogP contribution in [0.2, 0.25) is 0 Å². The van der Waals surface area contributed by atoms with Crippen LogP contribution < -0.4 is 0 Å². The van der Waals surface area contributed by atoms with E-state index in [2.05, 4.69) is 0 Å². The third kappa shape index (κ3) is 4.80. The first-order valence-corrected chi connectivity index (χ1v) is 5.26. The molecule has 0 radical (unpaired) electrons. The molecule has 1 atom stereocenters. The molecule has 0 rings (SSSR count). The maximum absolute atomic E-state index is 10.5. The van der Waals surface area contributed by atoms with Crippen molar-refractivity contribution >= 4 is 17.0 Å². The lowest BCUT2D eigenvalue weighted by molar-refractivity contribution is -0.132. The molecule has 5 heteroatoms. The quantitative estimate of drug-likeness (QED) is 0.527. The smallest absolute Gasteiger partial charge is 0.331 e. The van der Waals surface area contributed by atoms with Crippen LogP contribution in [0.1, 0.15) is 26.7 Å². The summed E-state index contributed by atoms with van der Waals surface area (Å²) in [5, 5.41) is 8.65. The van der Waals surface area contributed by atoms with E-state index in [1.54, 1.807) is 0 Å². The molecule has 0 heterocycles. The topological polar surface area (TPSA) is 74.6 Å². The molecule has 4 nitrogen and oxygen atoms in total. The molecular formula is C8H14O4S. The SMILES string of the molecule is CCC(CCS(=O)O)=C(C)C(=O)O. The fraction of sp³-hybridized carbons (Fsp3) is 0.625. The summed E-state index contributed by atoms with van der Waals surface area (Å²) in [5.41, 5.74) is 1.02. The number of aliphatic carboxylic acids is 1. The molecule has 13 heavy (non-hydrogen) atoms. The molecule has 1 unspecified atom stereocenters. The average Bonchev–Trinajstić information content (AvgIpc) is 2.04. The van der Waals surface area contributed by atoms with Gasteiger partial charge in [-0.1, -0.05) is 12.5 Å². The molecule has 0 bridgehead atoms.